The zero-order chi connectivity index (χ0) is 33.4. The molecule has 1 unspecified atom stereocenters. The molecule has 2 aromatic rings. The maximum absolute atomic E-state index is 14.2. The summed E-state index contributed by atoms with van der Waals surface area (Å²) in [7, 11) is 0. The molecule has 2 aromatic heterocycles. The normalized spacial score (nSPS) is 24.0. The number of nitrogens with zero attached hydrogens (tertiary/aromatic N) is 1. The molecule has 0 amide bonds. The highest BCUT2D eigenvalue weighted by molar-refractivity contribution is 5.99. The first kappa shape index (κ1) is 35.5. The Labute approximate surface area is 271 Å². The van der Waals surface area contributed by atoms with Gasteiger partial charge in [0.1, 0.15) is 5.52 Å². The van der Waals surface area contributed by atoms with Crippen molar-refractivity contribution in [3.05, 3.63) is 41.3 Å². The molecule has 1 atom stereocenters. The minimum atomic E-state index is -1.35. The van der Waals surface area contributed by atoms with Crippen LogP contribution in [0.25, 0.3) is 11.1 Å². The Hall–Kier alpha value is -2.31. The second-order valence-corrected chi connectivity index (χ2v) is 17.1. The molecule has 2 saturated carbocycles. The Morgan fingerprint density at radius 1 is 1.00 bits per heavy atom. The molecule has 4 rings (SSSR count). The van der Waals surface area contributed by atoms with E-state index in [1.165, 1.54) is 12.8 Å². The van der Waals surface area contributed by atoms with Gasteiger partial charge < -0.3 is 14.6 Å². The molecule has 0 aromatic carbocycles. The minimum Gasteiger partial charge on any atom is -0.451 e. The summed E-state index contributed by atoms with van der Waals surface area (Å²) in [5.74, 6) is 0.572. The van der Waals surface area contributed by atoms with Gasteiger partial charge in [-0.25, -0.2) is 4.98 Å². The first-order valence-corrected chi connectivity index (χ1v) is 17.4. The molecule has 0 radical (unpaired) electrons. The minimum absolute atomic E-state index is 0.00882. The van der Waals surface area contributed by atoms with Crippen molar-refractivity contribution in [2.24, 2.45) is 28.1 Å². The number of aromatic nitrogens is 1. The van der Waals surface area contributed by atoms with E-state index < -0.39 is 11.7 Å². The van der Waals surface area contributed by atoms with Gasteiger partial charge in [0.25, 0.3) is 0 Å². The van der Waals surface area contributed by atoms with Gasteiger partial charge in [-0.3, -0.25) is 9.59 Å². The number of aliphatic hydroxyl groups is 2. The number of ketones is 2. The number of carbonyl (C=O) groups is 2. The first-order chi connectivity index (χ1) is 20.9. The van der Waals surface area contributed by atoms with Gasteiger partial charge in [-0.05, 0) is 92.6 Å². The van der Waals surface area contributed by atoms with Crippen LogP contribution in [0, 0.1) is 28.1 Å². The number of rotatable bonds is 11. The summed E-state index contributed by atoms with van der Waals surface area (Å²) < 4.78 is 6.42. The summed E-state index contributed by atoms with van der Waals surface area (Å²) in [6.07, 6.45) is 11.6. The van der Waals surface area contributed by atoms with Gasteiger partial charge in [0.2, 0.25) is 5.78 Å². The molecule has 6 nitrogen and oxygen atoms in total. The highest BCUT2D eigenvalue weighted by atomic mass is 16.5. The van der Waals surface area contributed by atoms with Crippen LogP contribution < -0.4 is 0 Å². The highest BCUT2D eigenvalue weighted by Gasteiger charge is 2.39. The third-order valence-electron chi connectivity index (χ3n) is 11.5. The summed E-state index contributed by atoms with van der Waals surface area (Å²) in [6, 6.07) is 4.11. The molecule has 2 fully saturated rings. The lowest BCUT2D eigenvalue weighted by atomic mass is 9.70. The maximum Gasteiger partial charge on any atom is 0.201 e. The number of aliphatic hydroxyl groups excluding tert-OH is 1. The smallest absolute Gasteiger partial charge is 0.201 e. The number of carbonyl (C=O) groups excluding carboxylic acids is 2. The van der Waals surface area contributed by atoms with E-state index in [-0.39, 0.29) is 34.2 Å². The Bertz CT molecular complexity index is 1370. The Kier molecular flexibility index (Phi) is 10.6. The molecule has 2 heterocycles. The van der Waals surface area contributed by atoms with E-state index in [4.69, 9.17) is 9.40 Å². The molecule has 250 valence electrons. The van der Waals surface area contributed by atoms with E-state index in [9.17, 15) is 19.8 Å². The van der Waals surface area contributed by atoms with Crippen molar-refractivity contribution in [3.63, 3.8) is 0 Å². The van der Waals surface area contributed by atoms with Crippen LogP contribution in [0.1, 0.15) is 161 Å². The first-order valence-electron chi connectivity index (χ1n) is 17.4. The Morgan fingerprint density at radius 2 is 1.62 bits per heavy atom. The predicted molar refractivity (Wildman–Crippen MR) is 181 cm³/mol. The van der Waals surface area contributed by atoms with Crippen molar-refractivity contribution in [1.29, 1.82) is 0 Å². The number of fused-ring (bicyclic) bond motifs is 1. The van der Waals surface area contributed by atoms with Gasteiger partial charge >= 0.3 is 0 Å². The van der Waals surface area contributed by atoms with Crippen molar-refractivity contribution >= 4 is 22.7 Å². The van der Waals surface area contributed by atoms with Crippen LogP contribution >= 0.6 is 0 Å². The second-order valence-electron chi connectivity index (χ2n) is 17.1. The molecule has 6 heteroatoms. The van der Waals surface area contributed by atoms with Crippen LogP contribution in [0.2, 0.25) is 0 Å². The van der Waals surface area contributed by atoms with Crippen molar-refractivity contribution < 1.29 is 24.2 Å². The Morgan fingerprint density at radius 3 is 2.18 bits per heavy atom. The monoisotopic (exact) mass is 621 g/mol. The van der Waals surface area contributed by atoms with Gasteiger partial charge in [0, 0.05) is 40.5 Å². The van der Waals surface area contributed by atoms with E-state index in [1.54, 1.807) is 6.08 Å². The van der Waals surface area contributed by atoms with Crippen LogP contribution in [-0.2, 0) is 10.2 Å². The van der Waals surface area contributed by atoms with Crippen LogP contribution in [0.5, 0.6) is 0 Å². The van der Waals surface area contributed by atoms with Gasteiger partial charge in [0.05, 0.1) is 0 Å². The fourth-order valence-electron chi connectivity index (χ4n) is 7.34. The third kappa shape index (κ3) is 8.16. The Balaban J connectivity index is 1.52. The third-order valence-corrected chi connectivity index (χ3v) is 11.5. The largest absolute Gasteiger partial charge is 0.451 e. The van der Waals surface area contributed by atoms with E-state index in [0.717, 1.165) is 41.6 Å². The number of allylic oxidation sites excluding steroid dienone is 2. The molecule has 45 heavy (non-hydrogen) atoms. The van der Waals surface area contributed by atoms with Gasteiger partial charge in [-0.1, -0.05) is 74.8 Å². The van der Waals surface area contributed by atoms with Gasteiger partial charge in [0.15, 0.2) is 23.4 Å². The number of Topliss-reactive ketones (excluding diaryl/α,β-unsaturated/α-hetero) is 1. The van der Waals surface area contributed by atoms with Crippen molar-refractivity contribution in [2.45, 2.75) is 151 Å². The summed E-state index contributed by atoms with van der Waals surface area (Å²) in [5.41, 5.74) is 3.18. The standard InChI is InChI=1S/C39H59NO5/c1-10-38(7,8)27(13-11-12-14-31(41)26-17-21-39(9,22-18-26)35(43)44)33(42)32-24-30-34(45-32)28(36(2,3)4)23-29(40-30)25-15-19-37(5,6)20-16-25/h12,14,23-27,35,43-44H,10-11,13,15-22H2,1-9H3/b14-12+. The summed E-state index contributed by atoms with van der Waals surface area (Å²) in [6.45, 7) is 19.6. The number of furan rings is 1. The molecular formula is C39H59NO5. The molecular weight excluding hydrogens is 562 g/mol. The zero-order valence-corrected chi connectivity index (χ0v) is 29.5. The summed E-state index contributed by atoms with van der Waals surface area (Å²) >= 11 is 0. The fourth-order valence-corrected chi connectivity index (χ4v) is 7.34. The second kappa shape index (κ2) is 13.4. The SMILES string of the molecule is CCC(C)(C)C(CC/C=C/C(=O)C1CCC(C)(C(O)O)CC1)C(=O)c1cc2nc(C3CCC(C)(C)CC3)cc(C(C)(C)C)c2o1. The molecule has 2 N–H and O–H groups in total. The molecule has 0 spiro atoms. The van der Waals surface area contributed by atoms with Gasteiger partial charge in [-0.2, -0.15) is 0 Å². The van der Waals surface area contributed by atoms with E-state index in [2.05, 4.69) is 61.5 Å². The van der Waals surface area contributed by atoms with Crippen LogP contribution in [-0.4, -0.2) is 33.1 Å². The van der Waals surface area contributed by atoms with E-state index >= 15 is 0 Å². The lowest BCUT2D eigenvalue weighted by Crippen LogP contribution is -2.37. The van der Waals surface area contributed by atoms with Crippen LogP contribution in [0.3, 0.4) is 0 Å². The quantitative estimate of drug-likeness (QED) is 0.147. The predicted octanol–water partition coefficient (Wildman–Crippen LogP) is 9.46. The van der Waals surface area contributed by atoms with Crippen LogP contribution in [0.4, 0.5) is 0 Å². The summed E-state index contributed by atoms with van der Waals surface area (Å²) in [4.78, 5) is 32.2. The fraction of sp³-hybridized carbons (Fsp3) is 0.718. The summed E-state index contributed by atoms with van der Waals surface area (Å²) in [5, 5.41) is 19.4. The average molecular weight is 622 g/mol. The number of pyridine rings is 1. The molecule has 2 aliphatic rings. The van der Waals surface area contributed by atoms with Gasteiger partial charge in [-0.15, -0.1) is 0 Å². The van der Waals surface area contributed by atoms with Crippen molar-refractivity contribution in [2.75, 3.05) is 0 Å². The average Bonchev–Trinajstić information content (AvgIpc) is 3.40. The molecule has 2 aliphatic carbocycles. The highest BCUT2D eigenvalue weighted by Crippen LogP contribution is 2.45. The topological polar surface area (TPSA) is 101 Å². The molecule has 0 bridgehead atoms. The number of hydrogen-bond acceptors (Lipinski definition) is 6. The molecule has 0 saturated heterocycles. The number of hydrogen-bond donors (Lipinski definition) is 2. The van der Waals surface area contributed by atoms with E-state index in [1.807, 2.05) is 19.1 Å². The zero-order valence-electron chi connectivity index (χ0n) is 29.5. The lowest BCUT2D eigenvalue weighted by Gasteiger charge is -2.37. The molecule has 0 aliphatic heterocycles. The lowest BCUT2D eigenvalue weighted by molar-refractivity contribution is -0.147. The van der Waals surface area contributed by atoms with Crippen molar-refractivity contribution in [1.82, 2.24) is 4.98 Å². The van der Waals surface area contributed by atoms with E-state index in [0.29, 0.717) is 55.6 Å². The van der Waals surface area contributed by atoms with Crippen molar-refractivity contribution in [3.8, 4) is 0 Å². The maximum atomic E-state index is 14.2. The van der Waals surface area contributed by atoms with Crippen LogP contribution in [0.15, 0.2) is 28.7 Å².